The first-order valence-electron chi connectivity index (χ1n) is 5.98. The minimum atomic E-state index is -0.312. The predicted molar refractivity (Wildman–Crippen MR) is 75.3 cm³/mol. The zero-order chi connectivity index (χ0) is 14.0. The van der Waals surface area contributed by atoms with Gasteiger partial charge in [-0.25, -0.2) is 4.79 Å². The Hall–Kier alpha value is -1.61. The van der Waals surface area contributed by atoms with Gasteiger partial charge in [-0.1, -0.05) is 36.9 Å². The molecule has 0 aromatic heterocycles. The Labute approximate surface area is 110 Å². The number of nitrogens with zero attached hydrogens (tertiary/aromatic N) is 1. The Morgan fingerprint density at radius 2 is 1.83 bits per heavy atom. The van der Waals surface area contributed by atoms with Crippen LogP contribution in [0.25, 0.3) is 0 Å². The van der Waals surface area contributed by atoms with Crippen molar-refractivity contribution in [2.24, 2.45) is 0 Å². The van der Waals surface area contributed by atoms with Crippen molar-refractivity contribution in [1.82, 2.24) is 4.90 Å². The highest BCUT2D eigenvalue weighted by atomic mass is 16.5. The Balaban J connectivity index is 0.000000331. The van der Waals surface area contributed by atoms with Gasteiger partial charge in [0, 0.05) is 12.1 Å². The number of carbonyl (C=O) groups excluding carboxylic acids is 1. The molecule has 0 atom stereocenters. The summed E-state index contributed by atoms with van der Waals surface area (Å²) in [5.41, 5.74) is 1.82. The molecule has 0 spiro atoms. The number of benzene rings is 1. The molecule has 0 saturated carbocycles. The zero-order valence-corrected chi connectivity index (χ0v) is 11.8. The van der Waals surface area contributed by atoms with E-state index in [1.54, 1.807) is 13.8 Å². The van der Waals surface area contributed by atoms with Crippen molar-refractivity contribution in [1.29, 1.82) is 0 Å². The Morgan fingerprint density at radius 1 is 1.28 bits per heavy atom. The summed E-state index contributed by atoms with van der Waals surface area (Å²) in [5, 5.41) is 0. The van der Waals surface area contributed by atoms with Gasteiger partial charge in [0.15, 0.2) is 0 Å². The van der Waals surface area contributed by atoms with Gasteiger partial charge in [-0.3, -0.25) is 0 Å². The quantitative estimate of drug-likeness (QED) is 0.607. The molecule has 0 unspecified atom stereocenters. The molecule has 0 amide bonds. The highest BCUT2D eigenvalue weighted by molar-refractivity contribution is 5.86. The molecule has 0 bridgehead atoms. The van der Waals surface area contributed by atoms with Crippen LogP contribution in [0.15, 0.2) is 42.5 Å². The number of hydrogen-bond acceptors (Lipinski definition) is 3. The Kier molecular flexibility index (Phi) is 8.58. The molecule has 0 heterocycles. The first-order chi connectivity index (χ1) is 8.47. The number of ether oxygens (including phenoxy) is 1. The van der Waals surface area contributed by atoms with Crippen molar-refractivity contribution >= 4 is 5.97 Å². The van der Waals surface area contributed by atoms with Gasteiger partial charge in [0.25, 0.3) is 0 Å². The fourth-order valence-electron chi connectivity index (χ4n) is 1.20. The fraction of sp³-hybridized carbons (Fsp3) is 0.400. The van der Waals surface area contributed by atoms with E-state index in [1.807, 2.05) is 6.07 Å². The summed E-state index contributed by atoms with van der Waals surface area (Å²) >= 11 is 0. The van der Waals surface area contributed by atoms with E-state index in [0.29, 0.717) is 12.2 Å². The molecule has 0 saturated heterocycles. The Bertz CT molecular complexity index is 358. The summed E-state index contributed by atoms with van der Waals surface area (Å²) in [7, 11) is 4.15. The maximum Gasteiger partial charge on any atom is 0.333 e. The third-order valence-corrected chi connectivity index (χ3v) is 1.97. The lowest BCUT2D eigenvalue weighted by Gasteiger charge is -2.08. The summed E-state index contributed by atoms with van der Waals surface area (Å²) in [4.78, 5) is 12.6. The average Bonchev–Trinajstić information content (AvgIpc) is 2.30. The van der Waals surface area contributed by atoms with Crippen LogP contribution >= 0.6 is 0 Å². The van der Waals surface area contributed by atoms with Crippen molar-refractivity contribution in [2.45, 2.75) is 20.4 Å². The molecule has 1 aromatic carbocycles. The van der Waals surface area contributed by atoms with Crippen LogP contribution in [0.2, 0.25) is 0 Å². The van der Waals surface area contributed by atoms with Gasteiger partial charge in [0.1, 0.15) is 0 Å². The molecular weight excluding hydrogens is 226 g/mol. The van der Waals surface area contributed by atoms with Crippen LogP contribution in [0.4, 0.5) is 0 Å². The van der Waals surface area contributed by atoms with Crippen molar-refractivity contribution in [3.8, 4) is 0 Å². The highest BCUT2D eigenvalue weighted by Crippen LogP contribution is 1.99. The molecule has 0 N–H and O–H groups in total. The van der Waals surface area contributed by atoms with Gasteiger partial charge >= 0.3 is 5.97 Å². The molecule has 0 aliphatic rings. The first-order valence-corrected chi connectivity index (χ1v) is 5.98. The fourth-order valence-corrected chi connectivity index (χ4v) is 1.20. The van der Waals surface area contributed by atoms with Gasteiger partial charge in [-0.15, -0.1) is 0 Å². The van der Waals surface area contributed by atoms with Crippen molar-refractivity contribution in [2.75, 3.05) is 20.7 Å². The minimum Gasteiger partial charge on any atom is -0.463 e. The predicted octanol–water partition coefficient (Wildman–Crippen LogP) is 2.87. The number of hydrogen-bond donors (Lipinski definition) is 0. The summed E-state index contributed by atoms with van der Waals surface area (Å²) in [6.07, 6.45) is 0. The molecule has 3 heteroatoms. The van der Waals surface area contributed by atoms with Crippen molar-refractivity contribution in [3.05, 3.63) is 48.0 Å². The number of rotatable bonds is 4. The van der Waals surface area contributed by atoms with E-state index in [1.165, 1.54) is 5.56 Å². The maximum atomic E-state index is 10.4. The minimum absolute atomic E-state index is 0.312. The SMILES string of the molecule is C=C(C)C(=O)OCC.CN(C)Cc1ccccc1. The monoisotopic (exact) mass is 249 g/mol. The van der Waals surface area contributed by atoms with Crippen LogP contribution < -0.4 is 0 Å². The summed E-state index contributed by atoms with van der Waals surface area (Å²) in [5.74, 6) is -0.312. The van der Waals surface area contributed by atoms with E-state index in [0.717, 1.165) is 6.54 Å². The smallest absolute Gasteiger partial charge is 0.333 e. The van der Waals surface area contributed by atoms with Gasteiger partial charge < -0.3 is 9.64 Å². The highest BCUT2D eigenvalue weighted by Gasteiger charge is 1.98. The van der Waals surface area contributed by atoms with E-state index in [2.05, 4.69) is 54.6 Å². The van der Waals surface area contributed by atoms with Gasteiger partial charge in [0.2, 0.25) is 0 Å². The van der Waals surface area contributed by atoms with Crippen LogP contribution in [0.3, 0.4) is 0 Å². The summed E-state index contributed by atoms with van der Waals surface area (Å²) in [6, 6.07) is 10.5. The van der Waals surface area contributed by atoms with E-state index in [4.69, 9.17) is 0 Å². The molecule has 0 aliphatic heterocycles. The molecule has 18 heavy (non-hydrogen) atoms. The van der Waals surface area contributed by atoms with E-state index < -0.39 is 0 Å². The van der Waals surface area contributed by atoms with E-state index >= 15 is 0 Å². The largest absolute Gasteiger partial charge is 0.463 e. The van der Waals surface area contributed by atoms with Crippen LogP contribution in [-0.4, -0.2) is 31.6 Å². The van der Waals surface area contributed by atoms with Crippen LogP contribution in [0, 0.1) is 0 Å². The maximum absolute atomic E-state index is 10.4. The van der Waals surface area contributed by atoms with Crippen molar-refractivity contribution in [3.63, 3.8) is 0 Å². The first kappa shape index (κ1) is 16.4. The lowest BCUT2D eigenvalue weighted by Crippen LogP contribution is -2.10. The van der Waals surface area contributed by atoms with Gasteiger partial charge in [-0.2, -0.15) is 0 Å². The lowest BCUT2D eigenvalue weighted by molar-refractivity contribution is -0.138. The van der Waals surface area contributed by atoms with E-state index in [9.17, 15) is 4.79 Å². The van der Waals surface area contributed by atoms with Crippen LogP contribution in [0.5, 0.6) is 0 Å². The molecule has 1 rings (SSSR count). The van der Waals surface area contributed by atoms with Gasteiger partial charge in [0.05, 0.1) is 6.61 Å². The number of carbonyl (C=O) groups is 1. The molecule has 3 nitrogen and oxygen atoms in total. The normalized spacial score (nSPS) is 9.39. The van der Waals surface area contributed by atoms with Crippen molar-refractivity contribution < 1.29 is 9.53 Å². The zero-order valence-electron chi connectivity index (χ0n) is 11.8. The van der Waals surface area contributed by atoms with Crippen LogP contribution in [-0.2, 0) is 16.1 Å². The second kappa shape index (κ2) is 9.42. The third-order valence-electron chi connectivity index (χ3n) is 1.97. The topological polar surface area (TPSA) is 29.5 Å². The molecule has 100 valence electrons. The summed E-state index contributed by atoms with van der Waals surface area (Å²) in [6.45, 7) is 8.24. The molecule has 0 radical (unpaired) electrons. The molecule has 1 aromatic rings. The van der Waals surface area contributed by atoms with Gasteiger partial charge in [-0.05, 0) is 33.5 Å². The third kappa shape index (κ3) is 8.53. The second-order valence-corrected chi connectivity index (χ2v) is 4.22. The molecule has 0 aliphatic carbocycles. The molecular formula is C15H23NO2. The number of esters is 1. The Morgan fingerprint density at radius 3 is 2.17 bits per heavy atom. The lowest BCUT2D eigenvalue weighted by atomic mass is 10.2. The standard InChI is InChI=1S/C9H13N.C6H10O2/c1-10(2)8-9-6-4-3-5-7-9;1-4-8-6(7)5(2)3/h3-7H,8H2,1-2H3;2,4H2,1,3H3. The van der Waals surface area contributed by atoms with Crippen LogP contribution in [0.1, 0.15) is 19.4 Å². The van der Waals surface area contributed by atoms with E-state index in [-0.39, 0.29) is 5.97 Å². The summed E-state index contributed by atoms with van der Waals surface area (Å²) < 4.78 is 4.56. The molecule has 0 fully saturated rings. The average molecular weight is 249 g/mol. The second-order valence-electron chi connectivity index (χ2n) is 4.22.